The van der Waals surface area contributed by atoms with Crippen molar-refractivity contribution in [1.82, 2.24) is 15.0 Å². The minimum absolute atomic E-state index is 0.155. The highest BCUT2D eigenvalue weighted by atomic mass is 35.5. The molecule has 1 saturated heterocycles. The van der Waals surface area contributed by atoms with Gasteiger partial charge in [0.2, 0.25) is 0 Å². The van der Waals surface area contributed by atoms with Gasteiger partial charge in [0.1, 0.15) is 16.5 Å². The molecule has 4 rings (SSSR count). The van der Waals surface area contributed by atoms with Crippen molar-refractivity contribution in [2.75, 3.05) is 29.5 Å². The number of hydrogen-bond acceptors (Lipinski definition) is 9. The summed E-state index contributed by atoms with van der Waals surface area (Å²) in [6.45, 7) is 3.08. The molecule has 2 aliphatic rings. The maximum Gasteiger partial charge on any atom is 0.181 e. The number of halogens is 1. The fourth-order valence-electron chi connectivity index (χ4n) is 4.53. The predicted molar refractivity (Wildman–Crippen MR) is 120 cm³/mol. The Hall–Kier alpha value is -2.10. The molecule has 1 aliphatic heterocycles. The van der Waals surface area contributed by atoms with E-state index in [9.17, 15) is 4.79 Å². The maximum absolute atomic E-state index is 12.4. The Balaban J connectivity index is 1.61. The van der Waals surface area contributed by atoms with Crippen LogP contribution in [0.3, 0.4) is 0 Å². The van der Waals surface area contributed by atoms with Crippen molar-refractivity contribution in [3.8, 4) is 0 Å². The van der Waals surface area contributed by atoms with Crippen molar-refractivity contribution in [2.45, 2.75) is 55.0 Å². The van der Waals surface area contributed by atoms with Crippen LogP contribution >= 0.6 is 23.4 Å². The monoisotopic (exact) mass is 447 g/mol. The molecule has 2 fully saturated rings. The number of carbonyl (C=O) groups is 1. The number of anilines is 3. The molecule has 1 aliphatic carbocycles. The first-order chi connectivity index (χ1) is 14.3. The van der Waals surface area contributed by atoms with E-state index in [1.807, 2.05) is 0 Å². The fraction of sp³-hybridized carbons (Fsp3) is 0.500. The van der Waals surface area contributed by atoms with Gasteiger partial charge in [0, 0.05) is 37.1 Å². The highest BCUT2D eigenvalue weighted by molar-refractivity contribution is 7.99. The minimum Gasteiger partial charge on any atom is -0.382 e. The van der Waals surface area contributed by atoms with Crippen LogP contribution in [0.25, 0.3) is 0 Å². The molecule has 0 unspecified atom stereocenters. The number of aromatic nitrogens is 3. The largest absolute Gasteiger partial charge is 0.382 e. The number of hydrogen-bond donors (Lipinski definition) is 3. The number of nitrogen functional groups attached to an aromatic ring is 2. The van der Waals surface area contributed by atoms with Crippen LogP contribution in [0.15, 0.2) is 22.2 Å². The molecule has 0 bridgehead atoms. The van der Waals surface area contributed by atoms with E-state index in [4.69, 9.17) is 28.8 Å². The Bertz CT molecular complexity index is 978. The standard InChI is InChI=1S/C20H26ClN7OS/c1-11(29)15-18(28-9-6-20(7-10-28)5-2-3-13(20)22)27-17(24)19(26-15)30-12-4-8-25-16(23)14(12)21/h4,8,13H,2-3,5-7,9-10,22H2,1H3,(H2,23,25)(H2,24,27)/t13-/m1/s1. The second-order valence-electron chi connectivity index (χ2n) is 8.10. The van der Waals surface area contributed by atoms with Gasteiger partial charge in [-0.1, -0.05) is 29.8 Å². The van der Waals surface area contributed by atoms with Crippen LogP contribution in [0, 0.1) is 5.41 Å². The van der Waals surface area contributed by atoms with Gasteiger partial charge in [0.15, 0.2) is 17.4 Å². The first-order valence-electron chi connectivity index (χ1n) is 10.1. The average Bonchev–Trinajstić information content (AvgIpc) is 3.07. The molecular weight excluding hydrogens is 422 g/mol. The van der Waals surface area contributed by atoms with Gasteiger partial charge in [-0.05, 0) is 37.2 Å². The van der Waals surface area contributed by atoms with E-state index in [-0.39, 0.29) is 28.9 Å². The van der Waals surface area contributed by atoms with Crippen LogP contribution in [-0.2, 0) is 0 Å². The molecule has 0 amide bonds. The van der Waals surface area contributed by atoms with Gasteiger partial charge in [-0.2, -0.15) is 0 Å². The van der Waals surface area contributed by atoms with Crippen LogP contribution < -0.4 is 22.1 Å². The molecule has 8 nitrogen and oxygen atoms in total. The molecule has 1 atom stereocenters. The number of nitrogens with zero attached hydrogens (tertiary/aromatic N) is 4. The van der Waals surface area contributed by atoms with Gasteiger partial charge in [0.05, 0.1) is 5.02 Å². The lowest BCUT2D eigenvalue weighted by molar-refractivity contribution is 0.101. The van der Waals surface area contributed by atoms with Crippen molar-refractivity contribution in [3.63, 3.8) is 0 Å². The van der Waals surface area contributed by atoms with Crippen molar-refractivity contribution in [3.05, 3.63) is 23.0 Å². The number of ketones is 1. The Labute approximate surface area is 185 Å². The lowest BCUT2D eigenvalue weighted by atomic mass is 9.74. The van der Waals surface area contributed by atoms with Crippen LogP contribution in [0.5, 0.6) is 0 Å². The third-order valence-electron chi connectivity index (χ3n) is 6.33. The van der Waals surface area contributed by atoms with Crippen LogP contribution in [0.1, 0.15) is 49.5 Å². The molecule has 0 aromatic carbocycles. The molecule has 30 heavy (non-hydrogen) atoms. The fourth-order valence-corrected chi connectivity index (χ4v) is 5.58. The summed E-state index contributed by atoms with van der Waals surface area (Å²) in [6, 6.07) is 1.99. The molecule has 2 aromatic heterocycles. The second-order valence-corrected chi connectivity index (χ2v) is 9.51. The van der Waals surface area contributed by atoms with Crippen molar-refractivity contribution >= 4 is 46.6 Å². The predicted octanol–water partition coefficient (Wildman–Crippen LogP) is 3.14. The summed E-state index contributed by atoms with van der Waals surface area (Å²) < 4.78 is 0. The Morgan fingerprint density at radius 3 is 2.60 bits per heavy atom. The summed E-state index contributed by atoms with van der Waals surface area (Å²) in [6.07, 6.45) is 7.02. The first kappa shape index (κ1) is 21.1. The lowest BCUT2D eigenvalue weighted by Crippen LogP contribution is -2.47. The topological polar surface area (TPSA) is 137 Å². The Kier molecular flexibility index (Phi) is 5.78. The van der Waals surface area contributed by atoms with E-state index in [0.717, 1.165) is 32.4 Å². The summed E-state index contributed by atoms with van der Waals surface area (Å²) in [4.78, 5) is 28.3. The van der Waals surface area contributed by atoms with E-state index in [0.29, 0.717) is 26.5 Å². The maximum atomic E-state index is 12.4. The molecule has 10 heteroatoms. The van der Waals surface area contributed by atoms with E-state index in [2.05, 4.69) is 19.9 Å². The van der Waals surface area contributed by atoms with Gasteiger partial charge in [-0.15, -0.1) is 0 Å². The number of piperidine rings is 1. The summed E-state index contributed by atoms with van der Waals surface area (Å²) >= 11 is 7.46. The summed E-state index contributed by atoms with van der Waals surface area (Å²) in [5.41, 5.74) is 18.9. The molecule has 0 radical (unpaired) electrons. The summed E-state index contributed by atoms with van der Waals surface area (Å²) in [5, 5.41) is 0.745. The van der Waals surface area contributed by atoms with Crippen molar-refractivity contribution in [1.29, 1.82) is 0 Å². The quantitative estimate of drug-likeness (QED) is 0.603. The third-order valence-corrected chi connectivity index (χ3v) is 7.89. The summed E-state index contributed by atoms with van der Waals surface area (Å²) in [7, 11) is 0. The molecule has 1 spiro atoms. The molecule has 160 valence electrons. The zero-order valence-corrected chi connectivity index (χ0v) is 18.5. The van der Waals surface area contributed by atoms with Gasteiger partial charge < -0.3 is 22.1 Å². The highest BCUT2D eigenvalue weighted by Gasteiger charge is 2.43. The number of pyridine rings is 1. The van der Waals surface area contributed by atoms with E-state index in [1.54, 1.807) is 12.3 Å². The second kappa shape index (κ2) is 8.20. The highest BCUT2D eigenvalue weighted by Crippen LogP contribution is 2.46. The van der Waals surface area contributed by atoms with Gasteiger partial charge in [-0.25, -0.2) is 15.0 Å². The number of nitrogens with two attached hydrogens (primary N) is 3. The smallest absolute Gasteiger partial charge is 0.181 e. The minimum atomic E-state index is -0.155. The van der Waals surface area contributed by atoms with Crippen LogP contribution in [0.4, 0.5) is 17.5 Å². The Morgan fingerprint density at radius 2 is 1.97 bits per heavy atom. The normalized spacial score (nSPS) is 20.6. The van der Waals surface area contributed by atoms with Crippen molar-refractivity contribution in [2.24, 2.45) is 11.1 Å². The zero-order chi connectivity index (χ0) is 21.5. The molecular formula is C20H26ClN7OS. The molecule has 3 heterocycles. The van der Waals surface area contributed by atoms with Crippen LogP contribution in [0.2, 0.25) is 5.02 Å². The molecule has 1 saturated carbocycles. The zero-order valence-electron chi connectivity index (χ0n) is 16.9. The SMILES string of the molecule is CC(=O)c1nc(Sc2ccnc(N)c2Cl)c(N)nc1N1CCC2(CCC[C@H]2N)CC1. The number of rotatable bonds is 4. The van der Waals surface area contributed by atoms with E-state index in [1.165, 1.54) is 31.5 Å². The third kappa shape index (κ3) is 3.81. The lowest BCUT2D eigenvalue weighted by Gasteiger charge is -2.42. The van der Waals surface area contributed by atoms with Crippen molar-refractivity contribution < 1.29 is 4.79 Å². The van der Waals surface area contributed by atoms with Gasteiger partial charge in [-0.3, -0.25) is 4.79 Å². The summed E-state index contributed by atoms with van der Waals surface area (Å²) in [5.74, 6) is 0.872. The van der Waals surface area contributed by atoms with Gasteiger partial charge in [0.25, 0.3) is 0 Å². The van der Waals surface area contributed by atoms with E-state index < -0.39 is 0 Å². The Morgan fingerprint density at radius 1 is 1.23 bits per heavy atom. The number of Topliss-reactive ketones (excluding diaryl/α,β-unsaturated/α-hetero) is 1. The number of carbonyl (C=O) groups excluding carboxylic acids is 1. The van der Waals surface area contributed by atoms with E-state index >= 15 is 0 Å². The van der Waals surface area contributed by atoms with Crippen LogP contribution in [-0.4, -0.2) is 39.9 Å². The molecule has 6 N–H and O–H groups in total. The first-order valence-corrected chi connectivity index (χ1v) is 11.3. The molecule has 2 aromatic rings. The van der Waals surface area contributed by atoms with Gasteiger partial charge >= 0.3 is 0 Å². The average molecular weight is 448 g/mol.